The number of ether oxygens (including phenoxy) is 1. The summed E-state index contributed by atoms with van der Waals surface area (Å²) in [5.74, 6) is -1.27. The summed E-state index contributed by atoms with van der Waals surface area (Å²) < 4.78 is 64.9. The third kappa shape index (κ3) is 3.80. The molecule has 0 bridgehead atoms. The Morgan fingerprint density at radius 1 is 1.41 bits per heavy atom. The molecule has 1 heterocycles. The summed E-state index contributed by atoms with van der Waals surface area (Å²) in [6, 6.07) is 0. The molecule has 2 nitrogen and oxygen atoms in total. The smallest absolute Gasteiger partial charge is 0.404 e. The molecule has 0 aliphatic carbocycles. The van der Waals surface area contributed by atoms with Crippen LogP contribution >= 0.6 is 34.2 Å². The summed E-state index contributed by atoms with van der Waals surface area (Å²) in [6.45, 7) is 0. The van der Waals surface area contributed by atoms with E-state index in [-0.39, 0.29) is 3.57 Å². The van der Waals surface area contributed by atoms with Gasteiger partial charge in [-0.1, -0.05) is 0 Å². The first kappa shape index (κ1) is 14.7. The minimum atomic E-state index is -4.97. The van der Waals surface area contributed by atoms with Crippen molar-refractivity contribution >= 4 is 34.2 Å². The van der Waals surface area contributed by atoms with Gasteiger partial charge >= 0.3 is 6.36 Å². The lowest BCUT2D eigenvalue weighted by Gasteiger charge is -2.15. The predicted molar refractivity (Wildman–Crippen MR) is 58.2 cm³/mol. The van der Waals surface area contributed by atoms with Crippen LogP contribution in [0.25, 0.3) is 0 Å². The van der Waals surface area contributed by atoms with Crippen LogP contribution in [0.5, 0.6) is 5.75 Å². The average Bonchev–Trinajstić information content (AvgIpc) is 2.18. The Morgan fingerprint density at radius 2 is 2.00 bits per heavy atom. The highest BCUT2D eigenvalue weighted by atomic mass is 127. The fourth-order valence-electron chi connectivity index (χ4n) is 1.07. The van der Waals surface area contributed by atoms with E-state index in [4.69, 9.17) is 11.6 Å². The minimum Gasteiger partial charge on any atom is -0.404 e. The monoisotopic (exact) mass is 387 g/mol. The maximum atomic E-state index is 12.5. The van der Waals surface area contributed by atoms with Crippen molar-refractivity contribution in [3.63, 3.8) is 0 Å². The van der Waals surface area contributed by atoms with Gasteiger partial charge in [-0.15, -0.1) is 24.8 Å². The first-order chi connectivity index (χ1) is 7.76. The van der Waals surface area contributed by atoms with Crippen LogP contribution in [0.3, 0.4) is 0 Å². The van der Waals surface area contributed by atoms with Gasteiger partial charge in [0, 0.05) is 11.8 Å². The van der Waals surface area contributed by atoms with Gasteiger partial charge in [0.05, 0.1) is 9.45 Å². The highest BCUT2D eigenvalue weighted by Gasteiger charge is 2.34. The topological polar surface area (TPSA) is 22.1 Å². The molecule has 0 amide bonds. The molecule has 0 aliphatic rings. The van der Waals surface area contributed by atoms with Gasteiger partial charge in [-0.3, -0.25) is 4.98 Å². The van der Waals surface area contributed by atoms with E-state index in [1.807, 2.05) is 0 Å². The van der Waals surface area contributed by atoms with Gasteiger partial charge < -0.3 is 4.74 Å². The number of halogens is 7. The van der Waals surface area contributed by atoms with Crippen molar-refractivity contribution < 1.29 is 26.7 Å². The van der Waals surface area contributed by atoms with Crippen LogP contribution in [0.15, 0.2) is 6.20 Å². The van der Waals surface area contributed by atoms with Crippen LogP contribution in [-0.2, 0) is 5.88 Å². The minimum absolute atomic E-state index is 0.0417. The standard InChI is InChI=1S/C8H4ClF5INO/c9-1-3-5(7(10)11)16-2-4(15)6(3)17-8(12,13)14/h2,7H,1H2. The molecule has 0 atom stereocenters. The summed E-state index contributed by atoms with van der Waals surface area (Å²) in [7, 11) is 0. The molecule has 17 heavy (non-hydrogen) atoms. The Labute approximate surface area is 111 Å². The molecule has 96 valence electrons. The molecule has 0 radical (unpaired) electrons. The quantitative estimate of drug-likeness (QED) is 0.439. The van der Waals surface area contributed by atoms with E-state index in [1.165, 1.54) is 22.6 Å². The van der Waals surface area contributed by atoms with E-state index >= 15 is 0 Å². The molecule has 0 unspecified atom stereocenters. The molecule has 0 aliphatic heterocycles. The number of aromatic nitrogens is 1. The van der Waals surface area contributed by atoms with Gasteiger partial charge in [-0.25, -0.2) is 8.78 Å². The van der Waals surface area contributed by atoms with Gasteiger partial charge in [-0.2, -0.15) is 0 Å². The number of rotatable bonds is 3. The molecule has 1 aromatic rings. The van der Waals surface area contributed by atoms with Crippen molar-refractivity contribution in [1.29, 1.82) is 0 Å². The molecule has 0 fully saturated rings. The Balaban J connectivity index is 3.30. The Bertz CT molecular complexity index is 412. The van der Waals surface area contributed by atoms with Gasteiger partial charge in [0.2, 0.25) is 0 Å². The first-order valence-electron chi connectivity index (χ1n) is 4.03. The van der Waals surface area contributed by atoms with E-state index in [1.54, 1.807) is 0 Å². The van der Waals surface area contributed by atoms with Crippen molar-refractivity contribution in [3.05, 3.63) is 21.0 Å². The Kier molecular flexibility index (Phi) is 4.76. The van der Waals surface area contributed by atoms with E-state index in [0.29, 0.717) is 0 Å². The average molecular weight is 387 g/mol. The molecule has 0 N–H and O–H groups in total. The maximum absolute atomic E-state index is 12.5. The van der Waals surface area contributed by atoms with Gasteiger partial charge in [0.15, 0.2) is 5.75 Å². The van der Waals surface area contributed by atoms with Crippen molar-refractivity contribution in [2.45, 2.75) is 18.7 Å². The SMILES string of the molecule is FC(F)c1ncc(I)c(OC(F)(F)F)c1CCl. The molecule has 1 aromatic heterocycles. The number of hydrogen-bond donors (Lipinski definition) is 0. The second kappa shape index (κ2) is 5.51. The maximum Gasteiger partial charge on any atom is 0.573 e. The fourth-order valence-corrected chi connectivity index (χ4v) is 1.90. The van der Waals surface area contributed by atoms with E-state index in [9.17, 15) is 22.0 Å². The number of hydrogen-bond acceptors (Lipinski definition) is 2. The van der Waals surface area contributed by atoms with E-state index < -0.39 is 35.7 Å². The Hall–Kier alpha value is -0.380. The molecular formula is C8H4ClF5INO. The fraction of sp³-hybridized carbons (Fsp3) is 0.375. The van der Waals surface area contributed by atoms with Gasteiger partial charge in [0.1, 0.15) is 5.69 Å². The van der Waals surface area contributed by atoms with Crippen LogP contribution in [0, 0.1) is 3.57 Å². The molecule has 9 heteroatoms. The van der Waals surface area contributed by atoms with Crippen LogP contribution in [0.2, 0.25) is 0 Å². The molecule has 0 saturated heterocycles. The lowest BCUT2D eigenvalue weighted by Crippen LogP contribution is -2.19. The summed E-state index contributed by atoms with van der Waals surface area (Å²) >= 11 is 6.86. The predicted octanol–water partition coefficient (Wildman–Crippen LogP) is 4.26. The zero-order valence-corrected chi connectivity index (χ0v) is 10.8. The first-order valence-corrected chi connectivity index (χ1v) is 5.64. The number of nitrogens with zero attached hydrogens (tertiary/aromatic N) is 1. The number of alkyl halides is 6. The van der Waals surface area contributed by atoms with Gasteiger partial charge in [-0.05, 0) is 22.6 Å². The van der Waals surface area contributed by atoms with Crippen molar-refractivity contribution in [2.75, 3.05) is 0 Å². The van der Waals surface area contributed by atoms with Crippen molar-refractivity contribution in [1.82, 2.24) is 4.98 Å². The normalized spacial score (nSPS) is 12.0. The van der Waals surface area contributed by atoms with E-state index in [2.05, 4.69) is 9.72 Å². The highest BCUT2D eigenvalue weighted by molar-refractivity contribution is 14.1. The third-order valence-electron chi connectivity index (χ3n) is 1.68. The largest absolute Gasteiger partial charge is 0.573 e. The van der Waals surface area contributed by atoms with Crippen LogP contribution < -0.4 is 4.74 Å². The summed E-state index contributed by atoms with van der Waals surface area (Å²) in [5, 5.41) is 0. The van der Waals surface area contributed by atoms with Crippen LogP contribution in [0.1, 0.15) is 17.7 Å². The van der Waals surface area contributed by atoms with E-state index in [0.717, 1.165) is 6.20 Å². The second-order valence-electron chi connectivity index (χ2n) is 2.78. The molecule has 0 spiro atoms. The zero-order chi connectivity index (χ0) is 13.2. The number of pyridine rings is 1. The molecule has 1 rings (SSSR count). The highest BCUT2D eigenvalue weighted by Crippen LogP contribution is 2.36. The van der Waals surface area contributed by atoms with Crippen molar-refractivity contribution in [2.24, 2.45) is 0 Å². The lowest BCUT2D eigenvalue weighted by molar-refractivity contribution is -0.275. The zero-order valence-electron chi connectivity index (χ0n) is 7.86. The second-order valence-corrected chi connectivity index (χ2v) is 4.21. The summed E-state index contributed by atoms with van der Waals surface area (Å²) in [4.78, 5) is 3.35. The molecule has 0 saturated carbocycles. The van der Waals surface area contributed by atoms with Gasteiger partial charge in [0.25, 0.3) is 6.43 Å². The lowest BCUT2D eigenvalue weighted by atomic mass is 10.2. The molecular weight excluding hydrogens is 383 g/mol. The Morgan fingerprint density at radius 3 is 2.41 bits per heavy atom. The van der Waals surface area contributed by atoms with Crippen LogP contribution in [-0.4, -0.2) is 11.3 Å². The summed E-state index contributed by atoms with van der Waals surface area (Å²) in [6.07, 6.45) is -7.11. The third-order valence-corrected chi connectivity index (χ3v) is 2.71. The molecule has 0 aromatic carbocycles. The van der Waals surface area contributed by atoms with Crippen LogP contribution in [0.4, 0.5) is 22.0 Å². The summed E-state index contributed by atoms with van der Waals surface area (Å²) in [5.41, 5.74) is -1.26. The van der Waals surface area contributed by atoms with Crippen molar-refractivity contribution in [3.8, 4) is 5.75 Å².